The molecule has 1 aliphatic carbocycles. The molecule has 1 fully saturated rings. The van der Waals surface area contributed by atoms with Gasteiger partial charge in [-0.2, -0.15) is 0 Å². The number of alkyl halides is 1. The monoisotopic (exact) mass is 291 g/mol. The van der Waals surface area contributed by atoms with Crippen LogP contribution in [-0.4, -0.2) is 14.5 Å². The zero-order valence-electron chi connectivity index (χ0n) is 12.4. The maximum absolute atomic E-state index is 6.13. The summed E-state index contributed by atoms with van der Waals surface area (Å²) in [5, 5.41) is 0. The highest BCUT2D eigenvalue weighted by atomic mass is 35.5. The van der Waals surface area contributed by atoms with Gasteiger partial charge in [0.25, 0.3) is 0 Å². The lowest BCUT2D eigenvalue weighted by Gasteiger charge is -2.23. The summed E-state index contributed by atoms with van der Waals surface area (Å²) >= 11 is 6.13. The van der Waals surface area contributed by atoms with E-state index in [-0.39, 0.29) is 0 Å². The van der Waals surface area contributed by atoms with E-state index in [9.17, 15) is 0 Å². The standard InChI is InChI=1S/C16H22ClN3/c1-4-12-5-6-14(11(12)3)20-15(8-17)19-13-7-10(2)9-18-16(13)20/h7,9,11-12,14H,4-6,8H2,1-3H3. The zero-order valence-corrected chi connectivity index (χ0v) is 13.2. The molecule has 3 unspecified atom stereocenters. The Morgan fingerprint density at radius 2 is 2.20 bits per heavy atom. The summed E-state index contributed by atoms with van der Waals surface area (Å²) in [4.78, 5) is 9.31. The molecule has 0 saturated heterocycles. The average Bonchev–Trinajstić information content (AvgIpc) is 2.97. The molecule has 2 aromatic rings. The zero-order chi connectivity index (χ0) is 14.3. The number of nitrogens with zero attached hydrogens (tertiary/aromatic N) is 3. The number of pyridine rings is 1. The highest BCUT2D eigenvalue weighted by molar-refractivity contribution is 6.16. The fraction of sp³-hybridized carbons (Fsp3) is 0.625. The molecule has 2 heterocycles. The molecule has 0 radical (unpaired) electrons. The van der Waals surface area contributed by atoms with Crippen molar-refractivity contribution in [1.82, 2.24) is 14.5 Å². The van der Waals surface area contributed by atoms with Crippen molar-refractivity contribution in [3.05, 3.63) is 23.7 Å². The number of imidazole rings is 1. The minimum atomic E-state index is 0.454. The fourth-order valence-corrected chi connectivity index (χ4v) is 3.93. The van der Waals surface area contributed by atoms with Crippen molar-refractivity contribution in [1.29, 1.82) is 0 Å². The van der Waals surface area contributed by atoms with E-state index in [2.05, 4.69) is 36.4 Å². The van der Waals surface area contributed by atoms with Crippen LogP contribution >= 0.6 is 11.6 Å². The summed E-state index contributed by atoms with van der Waals surface area (Å²) < 4.78 is 2.31. The lowest BCUT2D eigenvalue weighted by Crippen LogP contribution is -2.17. The third-order valence-electron chi connectivity index (χ3n) is 4.90. The molecule has 2 aromatic heterocycles. The van der Waals surface area contributed by atoms with Crippen molar-refractivity contribution in [2.45, 2.75) is 52.0 Å². The van der Waals surface area contributed by atoms with Crippen molar-refractivity contribution >= 4 is 22.8 Å². The molecule has 3 atom stereocenters. The third-order valence-corrected chi connectivity index (χ3v) is 5.14. The second kappa shape index (κ2) is 5.36. The van der Waals surface area contributed by atoms with Gasteiger partial charge >= 0.3 is 0 Å². The predicted octanol–water partition coefficient (Wildman–Crippen LogP) is 4.48. The molecule has 0 bridgehead atoms. The van der Waals surface area contributed by atoms with Crippen LogP contribution in [0.3, 0.4) is 0 Å². The Labute approximate surface area is 125 Å². The first-order chi connectivity index (χ1) is 9.65. The molecule has 0 aliphatic heterocycles. The average molecular weight is 292 g/mol. The summed E-state index contributed by atoms with van der Waals surface area (Å²) in [6, 6.07) is 2.60. The van der Waals surface area contributed by atoms with Crippen LogP contribution in [0.1, 0.15) is 50.5 Å². The van der Waals surface area contributed by atoms with Crippen molar-refractivity contribution < 1.29 is 0 Å². The van der Waals surface area contributed by atoms with Gasteiger partial charge in [-0.15, -0.1) is 11.6 Å². The molecule has 1 aliphatic rings. The molecule has 3 rings (SSSR count). The van der Waals surface area contributed by atoms with Crippen LogP contribution < -0.4 is 0 Å². The predicted molar refractivity (Wildman–Crippen MR) is 83.0 cm³/mol. The van der Waals surface area contributed by atoms with E-state index in [0.29, 0.717) is 17.8 Å². The van der Waals surface area contributed by atoms with Crippen LogP contribution in [0, 0.1) is 18.8 Å². The van der Waals surface area contributed by atoms with Crippen molar-refractivity contribution in [3.63, 3.8) is 0 Å². The highest BCUT2D eigenvalue weighted by Gasteiger charge is 2.34. The van der Waals surface area contributed by atoms with E-state index < -0.39 is 0 Å². The Morgan fingerprint density at radius 1 is 1.40 bits per heavy atom. The number of halogens is 1. The quantitative estimate of drug-likeness (QED) is 0.781. The van der Waals surface area contributed by atoms with Crippen LogP contribution in [0.2, 0.25) is 0 Å². The molecule has 108 valence electrons. The first-order valence-corrected chi connectivity index (χ1v) is 8.08. The minimum absolute atomic E-state index is 0.454. The third kappa shape index (κ3) is 2.12. The Bertz CT molecular complexity index is 619. The Morgan fingerprint density at radius 3 is 2.85 bits per heavy atom. The molecule has 1 saturated carbocycles. The summed E-state index contributed by atoms with van der Waals surface area (Å²) in [5.41, 5.74) is 3.13. The van der Waals surface area contributed by atoms with E-state index in [1.807, 2.05) is 6.20 Å². The van der Waals surface area contributed by atoms with E-state index in [1.54, 1.807) is 0 Å². The van der Waals surface area contributed by atoms with Gasteiger partial charge in [0.2, 0.25) is 0 Å². The number of aromatic nitrogens is 3. The first-order valence-electron chi connectivity index (χ1n) is 7.55. The van der Waals surface area contributed by atoms with E-state index in [1.165, 1.54) is 19.3 Å². The van der Waals surface area contributed by atoms with Gasteiger partial charge in [0.1, 0.15) is 11.3 Å². The van der Waals surface area contributed by atoms with Crippen LogP contribution in [0.5, 0.6) is 0 Å². The number of aryl methyl sites for hydroxylation is 1. The normalized spacial score (nSPS) is 26.5. The molecule has 0 spiro atoms. The van der Waals surface area contributed by atoms with Gasteiger partial charge in [0.15, 0.2) is 5.65 Å². The lowest BCUT2D eigenvalue weighted by molar-refractivity contribution is 0.329. The molecule has 20 heavy (non-hydrogen) atoms. The SMILES string of the molecule is CCC1CCC(n2c(CCl)nc3cc(C)cnc32)C1C. The van der Waals surface area contributed by atoms with Crippen LogP contribution in [-0.2, 0) is 5.88 Å². The van der Waals surface area contributed by atoms with Gasteiger partial charge in [-0.25, -0.2) is 9.97 Å². The van der Waals surface area contributed by atoms with Gasteiger partial charge < -0.3 is 4.57 Å². The van der Waals surface area contributed by atoms with Gasteiger partial charge in [0.05, 0.1) is 5.88 Å². The van der Waals surface area contributed by atoms with Crippen molar-refractivity contribution in [2.75, 3.05) is 0 Å². The van der Waals surface area contributed by atoms with Crippen LogP contribution in [0.25, 0.3) is 11.2 Å². The summed E-state index contributed by atoms with van der Waals surface area (Å²) in [6.45, 7) is 6.71. The van der Waals surface area contributed by atoms with Gasteiger partial charge in [-0.1, -0.05) is 20.3 Å². The lowest BCUT2D eigenvalue weighted by atomic mass is 9.93. The second-order valence-corrected chi connectivity index (χ2v) is 6.33. The highest BCUT2D eigenvalue weighted by Crippen LogP contribution is 2.43. The second-order valence-electron chi connectivity index (χ2n) is 6.06. The van der Waals surface area contributed by atoms with E-state index in [0.717, 1.165) is 28.5 Å². The van der Waals surface area contributed by atoms with Gasteiger partial charge in [-0.05, 0) is 43.2 Å². The minimum Gasteiger partial charge on any atom is -0.308 e. The fourth-order valence-electron chi connectivity index (χ4n) is 3.74. The van der Waals surface area contributed by atoms with Crippen LogP contribution in [0.15, 0.2) is 12.3 Å². The number of hydrogen-bond acceptors (Lipinski definition) is 2. The Kier molecular flexibility index (Phi) is 3.72. The smallest absolute Gasteiger partial charge is 0.160 e. The maximum Gasteiger partial charge on any atom is 0.160 e. The summed E-state index contributed by atoms with van der Waals surface area (Å²) in [6.07, 6.45) is 5.70. The topological polar surface area (TPSA) is 30.7 Å². The Balaban J connectivity index is 2.10. The van der Waals surface area contributed by atoms with Gasteiger partial charge in [0, 0.05) is 12.2 Å². The molecular weight excluding hydrogens is 270 g/mol. The first kappa shape index (κ1) is 13.9. The van der Waals surface area contributed by atoms with Crippen LogP contribution in [0.4, 0.5) is 0 Å². The molecule has 0 amide bonds. The molecule has 0 aromatic carbocycles. The number of fused-ring (bicyclic) bond motifs is 1. The van der Waals surface area contributed by atoms with E-state index >= 15 is 0 Å². The Hall–Kier alpha value is -1.09. The van der Waals surface area contributed by atoms with E-state index in [4.69, 9.17) is 16.6 Å². The van der Waals surface area contributed by atoms with Crippen molar-refractivity contribution in [2.24, 2.45) is 11.8 Å². The number of rotatable bonds is 3. The molecule has 3 nitrogen and oxygen atoms in total. The number of hydrogen-bond donors (Lipinski definition) is 0. The molecular formula is C16H22ClN3. The molecule has 0 N–H and O–H groups in total. The maximum atomic E-state index is 6.13. The summed E-state index contributed by atoms with van der Waals surface area (Å²) in [7, 11) is 0. The molecule has 4 heteroatoms. The summed E-state index contributed by atoms with van der Waals surface area (Å²) in [5.74, 6) is 2.90. The van der Waals surface area contributed by atoms with Crippen molar-refractivity contribution in [3.8, 4) is 0 Å². The van der Waals surface area contributed by atoms with Gasteiger partial charge in [-0.3, -0.25) is 0 Å². The largest absolute Gasteiger partial charge is 0.308 e.